The number of nitro groups is 1. The third kappa shape index (κ3) is 4.88. The van der Waals surface area contributed by atoms with Gasteiger partial charge in [-0.1, -0.05) is 0 Å². The van der Waals surface area contributed by atoms with Crippen molar-refractivity contribution in [2.24, 2.45) is 0 Å². The molecule has 0 fully saturated rings. The molecule has 21 heavy (non-hydrogen) atoms. The van der Waals surface area contributed by atoms with Crippen LogP contribution in [0.2, 0.25) is 0 Å². The molecule has 1 aromatic carbocycles. The summed E-state index contributed by atoms with van der Waals surface area (Å²) in [5.74, 6) is -0.132. The molecule has 2 aromatic rings. The molecule has 1 heterocycles. The Bertz CT molecular complexity index is 617. The highest BCUT2D eigenvalue weighted by Crippen LogP contribution is 2.17. The monoisotopic (exact) mass is 304 g/mol. The molecular weight excluding hydrogens is 292 g/mol. The Balaban J connectivity index is 1.77. The third-order valence-electron chi connectivity index (χ3n) is 2.55. The lowest BCUT2D eigenvalue weighted by Crippen LogP contribution is -2.07. The molecule has 0 saturated heterocycles. The van der Waals surface area contributed by atoms with Gasteiger partial charge < -0.3 is 4.74 Å². The normalized spacial score (nSPS) is 10.1. The summed E-state index contributed by atoms with van der Waals surface area (Å²) in [6.07, 6.45) is 3.31. The van der Waals surface area contributed by atoms with Crippen molar-refractivity contribution < 1.29 is 14.5 Å². The Hall–Kier alpha value is -2.41. The van der Waals surface area contributed by atoms with E-state index in [1.807, 2.05) is 12.1 Å². The number of thioether (sulfide) groups is 1. The van der Waals surface area contributed by atoms with E-state index in [-0.39, 0.29) is 24.0 Å². The van der Waals surface area contributed by atoms with E-state index >= 15 is 0 Å². The van der Waals surface area contributed by atoms with Crippen molar-refractivity contribution in [2.75, 3.05) is 5.75 Å². The van der Waals surface area contributed by atoms with Crippen LogP contribution < -0.4 is 0 Å². The molecule has 0 N–H and O–H groups in total. The molecule has 6 nitrogen and oxygen atoms in total. The van der Waals surface area contributed by atoms with Crippen LogP contribution in [0.25, 0.3) is 0 Å². The van der Waals surface area contributed by atoms with E-state index in [0.717, 1.165) is 4.90 Å². The van der Waals surface area contributed by atoms with Gasteiger partial charge in [-0.15, -0.1) is 11.8 Å². The Morgan fingerprint density at radius 2 is 1.86 bits per heavy atom. The van der Waals surface area contributed by atoms with Crippen LogP contribution in [0.5, 0.6) is 0 Å². The molecule has 0 amide bonds. The summed E-state index contributed by atoms with van der Waals surface area (Å²) in [6.45, 7) is 0.105. The van der Waals surface area contributed by atoms with Crippen molar-refractivity contribution in [1.29, 1.82) is 0 Å². The molecule has 0 bridgehead atoms. The Morgan fingerprint density at radius 1 is 1.19 bits per heavy atom. The van der Waals surface area contributed by atoms with Gasteiger partial charge in [0.15, 0.2) is 0 Å². The molecular formula is C14H12N2O4S. The first-order valence-electron chi connectivity index (χ1n) is 6.07. The highest BCUT2D eigenvalue weighted by Gasteiger charge is 2.07. The maximum atomic E-state index is 11.6. The predicted octanol–water partition coefficient (Wildman–Crippen LogP) is 2.83. The second kappa shape index (κ2) is 7.39. The first kappa shape index (κ1) is 15.0. The second-order valence-electron chi connectivity index (χ2n) is 4.06. The van der Waals surface area contributed by atoms with Crippen LogP contribution >= 0.6 is 11.8 Å². The van der Waals surface area contributed by atoms with Gasteiger partial charge in [-0.25, -0.2) is 0 Å². The van der Waals surface area contributed by atoms with Crippen LogP contribution in [0.1, 0.15) is 5.56 Å². The zero-order valence-electron chi connectivity index (χ0n) is 11.0. The number of pyridine rings is 1. The van der Waals surface area contributed by atoms with Crippen molar-refractivity contribution in [3.8, 4) is 0 Å². The molecule has 0 aliphatic heterocycles. The number of aromatic nitrogens is 1. The van der Waals surface area contributed by atoms with Gasteiger partial charge >= 0.3 is 5.97 Å². The fraction of sp³-hybridized carbons (Fsp3) is 0.143. The van der Waals surface area contributed by atoms with Gasteiger partial charge in [-0.05, 0) is 29.8 Å². The smallest absolute Gasteiger partial charge is 0.316 e. The number of hydrogen-bond donors (Lipinski definition) is 0. The van der Waals surface area contributed by atoms with Gasteiger partial charge in [-0.2, -0.15) is 0 Å². The minimum Gasteiger partial charge on any atom is -0.460 e. The van der Waals surface area contributed by atoms with E-state index in [2.05, 4.69) is 4.98 Å². The van der Waals surface area contributed by atoms with E-state index in [0.29, 0.717) is 5.56 Å². The number of benzene rings is 1. The number of nitro benzene ring substituents is 1. The first-order chi connectivity index (χ1) is 10.1. The molecule has 0 aliphatic rings. The molecule has 7 heteroatoms. The molecule has 0 unspecified atom stereocenters. The number of nitrogens with zero attached hydrogens (tertiary/aromatic N) is 2. The van der Waals surface area contributed by atoms with Gasteiger partial charge in [-0.3, -0.25) is 19.9 Å². The zero-order valence-corrected chi connectivity index (χ0v) is 11.8. The van der Waals surface area contributed by atoms with Crippen molar-refractivity contribution >= 4 is 23.4 Å². The number of non-ortho nitro benzene ring substituents is 1. The van der Waals surface area contributed by atoms with E-state index in [4.69, 9.17) is 4.74 Å². The summed E-state index contributed by atoms with van der Waals surface area (Å²) in [5, 5.41) is 10.5. The summed E-state index contributed by atoms with van der Waals surface area (Å²) < 4.78 is 5.10. The van der Waals surface area contributed by atoms with E-state index in [1.165, 1.54) is 23.9 Å². The Labute approximate surface area is 125 Å². The van der Waals surface area contributed by atoms with Crippen molar-refractivity contribution in [1.82, 2.24) is 4.98 Å². The average molecular weight is 304 g/mol. The lowest BCUT2D eigenvalue weighted by Gasteiger charge is -2.04. The van der Waals surface area contributed by atoms with E-state index in [9.17, 15) is 14.9 Å². The van der Waals surface area contributed by atoms with Crippen molar-refractivity contribution in [3.63, 3.8) is 0 Å². The quantitative estimate of drug-likeness (QED) is 0.353. The maximum Gasteiger partial charge on any atom is 0.316 e. The summed E-state index contributed by atoms with van der Waals surface area (Å²) >= 11 is 1.37. The number of carbonyl (C=O) groups excluding carboxylic acids is 1. The van der Waals surface area contributed by atoms with Gasteiger partial charge in [0, 0.05) is 29.4 Å². The highest BCUT2D eigenvalue weighted by atomic mass is 32.2. The fourth-order valence-electron chi connectivity index (χ4n) is 1.50. The van der Waals surface area contributed by atoms with Crippen LogP contribution in [0.15, 0.2) is 53.7 Å². The number of rotatable bonds is 6. The molecule has 108 valence electrons. The number of hydrogen-bond acceptors (Lipinski definition) is 6. The Morgan fingerprint density at radius 3 is 2.48 bits per heavy atom. The second-order valence-corrected chi connectivity index (χ2v) is 5.10. The molecule has 2 rings (SSSR count). The van der Waals surface area contributed by atoms with Crippen molar-refractivity contribution in [2.45, 2.75) is 11.5 Å². The SMILES string of the molecule is O=C(CSc1ccncc1)OCc1ccc([N+](=O)[O-])cc1. The first-order valence-corrected chi connectivity index (χ1v) is 7.05. The van der Waals surface area contributed by atoms with Crippen LogP contribution in [0.4, 0.5) is 5.69 Å². The molecule has 0 atom stereocenters. The summed E-state index contributed by atoms with van der Waals surface area (Å²) in [5.41, 5.74) is 0.723. The van der Waals surface area contributed by atoms with Gasteiger partial charge in [0.25, 0.3) is 5.69 Å². The average Bonchev–Trinajstić information content (AvgIpc) is 2.52. The summed E-state index contributed by atoms with van der Waals surface area (Å²) in [4.78, 5) is 26.5. The van der Waals surface area contributed by atoms with Crippen LogP contribution in [-0.4, -0.2) is 21.6 Å². The molecule has 1 aromatic heterocycles. The highest BCUT2D eigenvalue weighted by molar-refractivity contribution is 8.00. The predicted molar refractivity (Wildman–Crippen MR) is 77.9 cm³/mol. The minimum atomic E-state index is -0.471. The van der Waals surface area contributed by atoms with Gasteiger partial charge in [0.2, 0.25) is 0 Å². The number of carbonyl (C=O) groups is 1. The van der Waals surface area contributed by atoms with Crippen molar-refractivity contribution in [3.05, 3.63) is 64.5 Å². The number of esters is 1. The maximum absolute atomic E-state index is 11.6. The summed E-state index contributed by atoms with van der Waals surface area (Å²) in [7, 11) is 0. The standard InChI is InChI=1S/C14H12N2O4S/c17-14(10-21-13-5-7-15-8-6-13)20-9-11-1-3-12(4-2-11)16(18)19/h1-8H,9-10H2. The van der Waals surface area contributed by atoms with E-state index < -0.39 is 4.92 Å². The number of ether oxygens (including phenoxy) is 1. The lowest BCUT2D eigenvalue weighted by molar-refractivity contribution is -0.384. The molecule has 0 aliphatic carbocycles. The van der Waals surface area contributed by atoms with E-state index in [1.54, 1.807) is 24.5 Å². The largest absolute Gasteiger partial charge is 0.460 e. The van der Waals surface area contributed by atoms with Gasteiger partial charge in [0.1, 0.15) is 6.61 Å². The fourth-order valence-corrected chi connectivity index (χ4v) is 2.18. The third-order valence-corrected chi connectivity index (χ3v) is 3.54. The topological polar surface area (TPSA) is 82.3 Å². The van der Waals surface area contributed by atoms with Crippen LogP contribution in [0, 0.1) is 10.1 Å². The van der Waals surface area contributed by atoms with Crippen LogP contribution in [-0.2, 0) is 16.1 Å². The zero-order chi connectivity index (χ0) is 15.1. The lowest BCUT2D eigenvalue weighted by atomic mass is 10.2. The molecule has 0 saturated carbocycles. The minimum absolute atomic E-state index is 0.0123. The van der Waals surface area contributed by atoms with Gasteiger partial charge in [0.05, 0.1) is 10.7 Å². The van der Waals surface area contributed by atoms with Crippen LogP contribution in [0.3, 0.4) is 0 Å². The molecule has 0 radical (unpaired) electrons. The summed E-state index contributed by atoms with van der Waals surface area (Å²) in [6, 6.07) is 9.54. The Kier molecular flexibility index (Phi) is 5.28. The molecule has 0 spiro atoms.